The number of carbonyl (C=O) groups excluding carboxylic acids is 2. The first-order chi connectivity index (χ1) is 6.72. The highest BCUT2D eigenvalue weighted by Gasteiger charge is 2.16. The van der Waals surface area contributed by atoms with Crippen molar-refractivity contribution in [1.29, 1.82) is 0 Å². The average Bonchev–Trinajstić information content (AvgIpc) is 2.18. The van der Waals surface area contributed by atoms with Crippen molar-refractivity contribution in [2.24, 2.45) is 11.5 Å². The van der Waals surface area contributed by atoms with Gasteiger partial charge in [-0.15, -0.1) is 0 Å². The van der Waals surface area contributed by atoms with Gasteiger partial charge in [-0.25, -0.2) is 9.59 Å². The first-order valence-corrected chi connectivity index (χ1v) is 4.46. The minimum atomic E-state index is -0.976. The molecule has 0 saturated heterocycles. The average molecular weight is 204 g/mol. The summed E-state index contributed by atoms with van der Waals surface area (Å²) in [5, 5.41) is 0. The number of nitrogens with two attached hydrogens (primary N) is 2. The molecule has 0 radical (unpaired) electrons. The summed E-state index contributed by atoms with van der Waals surface area (Å²) in [7, 11) is 0. The van der Waals surface area contributed by atoms with E-state index in [4.69, 9.17) is 11.5 Å². The Hall–Kier alpha value is -1.14. The number of ether oxygens (including phenoxy) is 2. The minimum absolute atomic E-state index is 0.140. The first kappa shape index (κ1) is 12.9. The van der Waals surface area contributed by atoms with Crippen molar-refractivity contribution in [3.63, 3.8) is 0 Å². The van der Waals surface area contributed by atoms with Gasteiger partial charge in [0.1, 0.15) is 0 Å². The highest BCUT2D eigenvalue weighted by molar-refractivity contribution is 6.29. The summed E-state index contributed by atoms with van der Waals surface area (Å²) in [5.41, 5.74) is 10.3. The van der Waals surface area contributed by atoms with Crippen LogP contribution in [-0.4, -0.2) is 38.2 Å². The van der Waals surface area contributed by atoms with Crippen LogP contribution in [-0.2, 0) is 19.1 Å². The molecular formula is C8H16N2O4. The van der Waals surface area contributed by atoms with E-state index in [2.05, 4.69) is 9.47 Å². The molecule has 0 saturated carbocycles. The molecule has 0 spiro atoms. The highest BCUT2D eigenvalue weighted by atomic mass is 16.6. The van der Waals surface area contributed by atoms with Crippen molar-refractivity contribution in [2.45, 2.75) is 12.8 Å². The van der Waals surface area contributed by atoms with E-state index >= 15 is 0 Å². The van der Waals surface area contributed by atoms with Crippen molar-refractivity contribution < 1.29 is 19.1 Å². The molecule has 0 fully saturated rings. The largest absolute Gasteiger partial charge is 0.457 e. The summed E-state index contributed by atoms with van der Waals surface area (Å²) < 4.78 is 9.10. The second-order valence-electron chi connectivity index (χ2n) is 2.56. The Morgan fingerprint density at radius 2 is 1.21 bits per heavy atom. The summed E-state index contributed by atoms with van der Waals surface area (Å²) in [4.78, 5) is 21.7. The standard InChI is InChI=1S/C8H16N2O4/c9-3-1-5-13-7(11)8(12)14-6-2-4-10/h1-6,9-10H2. The topological polar surface area (TPSA) is 105 Å². The lowest BCUT2D eigenvalue weighted by Gasteiger charge is -2.03. The smallest absolute Gasteiger partial charge is 0.417 e. The number of hydrogen-bond acceptors (Lipinski definition) is 6. The predicted molar refractivity (Wildman–Crippen MR) is 49.3 cm³/mol. The van der Waals surface area contributed by atoms with E-state index in [1.807, 2.05) is 0 Å². The van der Waals surface area contributed by atoms with Crippen molar-refractivity contribution in [3.05, 3.63) is 0 Å². The maximum atomic E-state index is 10.8. The normalized spacial score (nSPS) is 9.57. The van der Waals surface area contributed by atoms with Gasteiger partial charge in [-0.1, -0.05) is 0 Å². The van der Waals surface area contributed by atoms with Crippen LogP contribution in [0.4, 0.5) is 0 Å². The van der Waals surface area contributed by atoms with E-state index in [-0.39, 0.29) is 13.2 Å². The molecule has 4 N–H and O–H groups in total. The molecule has 6 heteroatoms. The SMILES string of the molecule is NCCCOC(=O)C(=O)OCCCN. The Balaban J connectivity index is 3.50. The van der Waals surface area contributed by atoms with Crippen LogP contribution in [0, 0.1) is 0 Å². The van der Waals surface area contributed by atoms with Gasteiger partial charge in [-0.05, 0) is 25.9 Å². The number of carbonyl (C=O) groups is 2. The summed E-state index contributed by atoms with van der Waals surface area (Å²) in [6, 6.07) is 0. The van der Waals surface area contributed by atoms with Crippen molar-refractivity contribution in [2.75, 3.05) is 26.3 Å². The van der Waals surface area contributed by atoms with Gasteiger partial charge in [-0.3, -0.25) is 0 Å². The molecule has 0 unspecified atom stereocenters. The van der Waals surface area contributed by atoms with Gasteiger partial charge in [0.05, 0.1) is 13.2 Å². The van der Waals surface area contributed by atoms with E-state index in [1.54, 1.807) is 0 Å². The number of esters is 2. The number of rotatable bonds is 6. The predicted octanol–water partition coefficient (Wildman–Crippen LogP) is -1.23. The summed E-state index contributed by atoms with van der Waals surface area (Å²) in [6.07, 6.45) is 1.06. The van der Waals surface area contributed by atoms with Crippen LogP contribution < -0.4 is 11.5 Å². The molecule has 0 aliphatic heterocycles. The monoisotopic (exact) mass is 204 g/mol. The molecule has 0 aliphatic carbocycles. The fraction of sp³-hybridized carbons (Fsp3) is 0.750. The fourth-order valence-electron chi connectivity index (χ4n) is 0.614. The Bertz CT molecular complexity index is 164. The zero-order valence-corrected chi connectivity index (χ0v) is 8.03. The Morgan fingerprint density at radius 3 is 1.50 bits per heavy atom. The molecule has 0 aromatic carbocycles. The molecule has 0 aliphatic rings. The van der Waals surface area contributed by atoms with E-state index < -0.39 is 11.9 Å². The van der Waals surface area contributed by atoms with Gasteiger partial charge in [0.15, 0.2) is 0 Å². The molecule has 0 aromatic rings. The van der Waals surface area contributed by atoms with E-state index in [0.717, 1.165) is 0 Å². The first-order valence-electron chi connectivity index (χ1n) is 4.46. The van der Waals surface area contributed by atoms with Crippen molar-refractivity contribution in [3.8, 4) is 0 Å². The lowest BCUT2D eigenvalue weighted by atomic mass is 10.4. The quantitative estimate of drug-likeness (QED) is 0.319. The maximum absolute atomic E-state index is 10.8. The van der Waals surface area contributed by atoms with Crippen molar-refractivity contribution >= 4 is 11.9 Å². The molecule has 82 valence electrons. The maximum Gasteiger partial charge on any atom is 0.417 e. The molecule has 0 heterocycles. The third kappa shape index (κ3) is 6.38. The van der Waals surface area contributed by atoms with Crippen LogP contribution in [0.25, 0.3) is 0 Å². The van der Waals surface area contributed by atoms with Gasteiger partial charge in [-0.2, -0.15) is 0 Å². The third-order valence-corrected chi connectivity index (χ3v) is 1.33. The van der Waals surface area contributed by atoms with E-state index in [9.17, 15) is 9.59 Å². The Labute approximate surface area is 82.5 Å². The molecule has 14 heavy (non-hydrogen) atoms. The zero-order valence-electron chi connectivity index (χ0n) is 8.03. The molecule has 0 rings (SSSR count). The van der Waals surface area contributed by atoms with E-state index in [0.29, 0.717) is 25.9 Å². The van der Waals surface area contributed by atoms with Crippen molar-refractivity contribution in [1.82, 2.24) is 0 Å². The Kier molecular flexibility index (Phi) is 7.77. The van der Waals surface area contributed by atoms with Gasteiger partial charge in [0, 0.05) is 0 Å². The highest BCUT2D eigenvalue weighted by Crippen LogP contribution is 1.88. The summed E-state index contributed by atoms with van der Waals surface area (Å²) >= 11 is 0. The molecule has 0 amide bonds. The van der Waals surface area contributed by atoms with Crippen LogP contribution in [0.1, 0.15) is 12.8 Å². The lowest BCUT2D eigenvalue weighted by molar-refractivity contribution is -0.167. The zero-order chi connectivity index (χ0) is 10.8. The second kappa shape index (κ2) is 8.46. The van der Waals surface area contributed by atoms with Crippen LogP contribution in [0.15, 0.2) is 0 Å². The Morgan fingerprint density at radius 1 is 0.857 bits per heavy atom. The van der Waals surface area contributed by atoms with Crippen LogP contribution >= 0.6 is 0 Å². The molecule has 6 nitrogen and oxygen atoms in total. The minimum Gasteiger partial charge on any atom is -0.457 e. The van der Waals surface area contributed by atoms with E-state index in [1.165, 1.54) is 0 Å². The van der Waals surface area contributed by atoms with Gasteiger partial charge in [0.25, 0.3) is 0 Å². The van der Waals surface area contributed by atoms with Crippen LogP contribution in [0.3, 0.4) is 0 Å². The van der Waals surface area contributed by atoms with Crippen LogP contribution in [0.5, 0.6) is 0 Å². The molecule has 0 atom stereocenters. The lowest BCUT2D eigenvalue weighted by Crippen LogP contribution is -2.22. The third-order valence-electron chi connectivity index (χ3n) is 1.33. The van der Waals surface area contributed by atoms with Gasteiger partial charge in [0.2, 0.25) is 0 Å². The van der Waals surface area contributed by atoms with Crippen LogP contribution in [0.2, 0.25) is 0 Å². The van der Waals surface area contributed by atoms with Gasteiger partial charge >= 0.3 is 11.9 Å². The second-order valence-corrected chi connectivity index (χ2v) is 2.56. The molecule has 0 bridgehead atoms. The molecular weight excluding hydrogens is 188 g/mol. The molecule has 0 aromatic heterocycles. The summed E-state index contributed by atoms with van der Waals surface area (Å²) in [5.74, 6) is -1.95. The summed E-state index contributed by atoms with van der Waals surface area (Å²) in [6.45, 7) is 1.10. The fourth-order valence-corrected chi connectivity index (χ4v) is 0.614. The number of hydrogen-bond donors (Lipinski definition) is 2. The van der Waals surface area contributed by atoms with Gasteiger partial charge < -0.3 is 20.9 Å².